The van der Waals surface area contributed by atoms with Crippen molar-refractivity contribution in [2.75, 3.05) is 0 Å². The molecule has 3 rings (SSSR count). The molecule has 0 saturated carbocycles. The standard InChI is InChI=1S/C15H18O4/c1-6-4-9(16)11-7(2)5-10-13(14(17)12(6)11)8(3)15(18)19-10/h4,8,10,12-14,17H,5H2,1-3H3/t8-,10+,12+,13-,14+/m1/s1. The molecule has 0 unspecified atom stereocenters. The second-order valence-corrected chi connectivity index (χ2v) is 5.96. The minimum absolute atomic E-state index is 0.00185. The van der Waals surface area contributed by atoms with Crippen LogP contribution in [-0.4, -0.2) is 29.1 Å². The Hall–Kier alpha value is -1.42. The Morgan fingerprint density at radius 2 is 2.00 bits per heavy atom. The van der Waals surface area contributed by atoms with Crippen LogP contribution in [0.5, 0.6) is 0 Å². The maximum absolute atomic E-state index is 12.0. The predicted molar refractivity (Wildman–Crippen MR) is 68.1 cm³/mol. The molecule has 102 valence electrons. The van der Waals surface area contributed by atoms with E-state index >= 15 is 0 Å². The number of rotatable bonds is 0. The highest BCUT2D eigenvalue weighted by Gasteiger charge is 2.52. The molecule has 3 aliphatic rings. The van der Waals surface area contributed by atoms with Crippen molar-refractivity contribution in [1.29, 1.82) is 0 Å². The topological polar surface area (TPSA) is 63.6 Å². The van der Waals surface area contributed by atoms with E-state index in [-0.39, 0.29) is 35.6 Å². The first-order chi connectivity index (χ1) is 8.91. The SMILES string of the molecule is CC1=CC(=O)C2=C(C)C[C@@H]3OC(=O)[C@H](C)[C@H]3[C@@H](O)[C@@H]12. The first-order valence-corrected chi connectivity index (χ1v) is 6.72. The van der Waals surface area contributed by atoms with E-state index in [2.05, 4.69) is 0 Å². The zero-order valence-corrected chi connectivity index (χ0v) is 11.3. The molecule has 0 bridgehead atoms. The highest BCUT2D eigenvalue weighted by molar-refractivity contribution is 6.08. The summed E-state index contributed by atoms with van der Waals surface area (Å²) in [6, 6.07) is 0. The van der Waals surface area contributed by atoms with Gasteiger partial charge in [0.2, 0.25) is 0 Å². The molecule has 4 heteroatoms. The molecule has 1 saturated heterocycles. The van der Waals surface area contributed by atoms with Gasteiger partial charge in [-0.05, 0) is 19.9 Å². The molecular weight excluding hydrogens is 244 g/mol. The molecule has 0 amide bonds. The van der Waals surface area contributed by atoms with Crippen LogP contribution >= 0.6 is 0 Å². The van der Waals surface area contributed by atoms with Crippen molar-refractivity contribution in [3.63, 3.8) is 0 Å². The highest BCUT2D eigenvalue weighted by Crippen LogP contribution is 2.46. The van der Waals surface area contributed by atoms with Crippen molar-refractivity contribution in [2.24, 2.45) is 17.8 Å². The monoisotopic (exact) mass is 262 g/mol. The summed E-state index contributed by atoms with van der Waals surface area (Å²) in [6.45, 7) is 5.57. The summed E-state index contributed by atoms with van der Waals surface area (Å²) in [5.41, 5.74) is 2.54. The van der Waals surface area contributed by atoms with Gasteiger partial charge in [-0.1, -0.05) is 18.1 Å². The Morgan fingerprint density at radius 3 is 2.68 bits per heavy atom. The van der Waals surface area contributed by atoms with Crippen molar-refractivity contribution >= 4 is 11.8 Å². The van der Waals surface area contributed by atoms with Crippen LogP contribution < -0.4 is 0 Å². The van der Waals surface area contributed by atoms with E-state index in [9.17, 15) is 14.7 Å². The number of ketones is 1. The lowest BCUT2D eigenvalue weighted by molar-refractivity contribution is -0.143. The van der Waals surface area contributed by atoms with Gasteiger partial charge in [0.1, 0.15) is 6.10 Å². The second kappa shape index (κ2) is 4.04. The number of esters is 1. The van der Waals surface area contributed by atoms with Gasteiger partial charge in [0, 0.05) is 23.8 Å². The van der Waals surface area contributed by atoms with Crippen LogP contribution in [0, 0.1) is 17.8 Å². The van der Waals surface area contributed by atoms with Crippen LogP contribution in [0.1, 0.15) is 27.2 Å². The minimum atomic E-state index is -0.721. The van der Waals surface area contributed by atoms with Crippen molar-refractivity contribution in [1.82, 2.24) is 0 Å². The first-order valence-electron chi connectivity index (χ1n) is 6.72. The third-order valence-corrected chi connectivity index (χ3v) is 4.77. The van der Waals surface area contributed by atoms with Gasteiger partial charge in [-0.2, -0.15) is 0 Å². The van der Waals surface area contributed by atoms with E-state index in [1.54, 1.807) is 13.0 Å². The molecule has 1 heterocycles. The van der Waals surface area contributed by atoms with Gasteiger partial charge < -0.3 is 9.84 Å². The molecule has 1 fully saturated rings. The third kappa shape index (κ3) is 1.62. The van der Waals surface area contributed by atoms with Crippen molar-refractivity contribution in [3.05, 3.63) is 22.8 Å². The molecule has 0 aromatic carbocycles. The van der Waals surface area contributed by atoms with Gasteiger partial charge in [0.25, 0.3) is 0 Å². The lowest BCUT2D eigenvalue weighted by Gasteiger charge is -2.27. The number of fused-ring (bicyclic) bond motifs is 2. The Kier molecular flexibility index (Phi) is 2.68. The summed E-state index contributed by atoms with van der Waals surface area (Å²) in [5.74, 6) is -1.04. The van der Waals surface area contributed by atoms with E-state index in [0.717, 1.165) is 11.1 Å². The summed E-state index contributed by atoms with van der Waals surface area (Å²) in [7, 11) is 0. The molecular formula is C15H18O4. The maximum atomic E-state index is 12.0. The zero-order chi connectivity index (χ0) is 13.9. The molecule has 0 aromatic rings. The summed E-state index contributed by atoms with van der Waals surface area (Å²) in [6.07, 6.45) is 1.14. The zero-order valence-electron chi connectivity index (χ0n) is 11.3. The fourth-order valence-electron chi connectivity index (χ4n) is 3.81. The average Bonchev–Trinajstić information content (AvgIpc) is 2.72. The predicted octanol–water partition coefficient (Wildman–Crippen LogP) is 1.39. The molecule has 19 heavy (non-hydrogen) atoms. The maximum Gasteiger partial charge on any atom is 0.309 e. The Morgan fingerprint density at radius 1 is 1.32 bits per heavy atom. The largest absolute Gasteiger partial charge is 0.461 e. The molecule has 0 radical (unpaired) electrons. The summed E-state index contributed by atoms with van der Waals surface area (Å²) >= 11 is 0. The number of hydrogen-bond acceptors (Lipinski definition) is 4. The first kappa shape index (κ1) is 12.6. The second-order valence-electron chi connectivity index (χ2n) is 5.96. The quantitative estimate of drug-likeness (QED) is 0.670. The molecule has 2 aliphatic carbocycles. The molecule has 4 nitrogen and oxygen atoms in total. The van der Waals surface area contributed by atoms with Crippen LogP contribution in [-0.2, 0) is 14.3 Å². The van der Waals surface area contributed by atoms with Gasteiger partial charge >= 0.3 is 5.97 Å². The fraction of sp³-hybridized carbons (Fsp3) is 0.600. The van der Waals surface area contributed by atoms with Crippen molar-refractivity contribution < 1.29 is 19.4 Å². The van der Waals surface area contributed by atoms with Gasteiger partial charge in [-0.3, -0.25) is 9.59 Å². The van der Waals surface area contributed by atoms with Gasteiger partial charge in [0.15, 0.2) is 5.78 Å². The highest BCUT2D eigenvalue weighted by atomic mass is 16.6. The lowest BCUT2D eigenvalue weighted by atomic mass is 9.79. The molecule has 0 spiro atoms. The van der Waals surface area contributed by atoms with Crippen LogP contribution in [0.25, 0.3) is 0 Å². The van der Waals surface area contributed by atoms with E-state index < -0.39 is 6.10 Å². The van der Waals surface area contributed by atoms with Gasteiger partial charge in [-0.25, -0.2) is 0 Å². The lowest BCUT2D eigenvalue weighted by Crippen LogP contribution is -2.36. The fourth-order valence-corrected chi connectivity index (χ4v) is 3.81. The summed E-state index contributed by atoms with van der Waals surface area (Å²) in [5, 5.41) is 10.7. The number of ether oxygens (including phenoxy) is 1. The molecule has 1 aliphatic heterocycles. The van der Waals surface area contributed by atoms with Crippen LogP contribution in [0.15, 0.2) is 22.8 Å². The number of hydrogen-bond donors (Lipinski definition) is 1. The van der Waals surface area contributed by atoms with Crippen LogP contribution in [0.2, 0.25) is 0 Å². The molecule has 1 N–H and O–H groups in total. The Bertz CT molecular complexity index is 528. The van der Waals surface area contributed by atoms with Crippen LogP contribution in [0.4, 0.5) is 0 Å². The minimum Gasteiger partial charge on any atom is -0.461 e. The molecule has 5 atom stereocenters. The van der Waals surface area contributed by atoms with Crippen LogP contribution in [0.3, 0.4) is 0 Å². The van der Waals surface area contributed by atoms with Gasteiger partial charge in [0.05, 0.1) is 12.0 Å². The number of aliphatic hydroxyl groups excluding tert-OH is 1. The van der Waals surface area contributed by atoms with Crippen molar-refractivity contribution in [3.8, 4) is 0 Å². The van der Waals surface area contributed by atoms with Gasteiger partial charge in [-0.15, -0.1) is 0 Å². The number of allylic oxidation sites excluding steroid dienone is 1. The average molecular weight is 262 g/mol. The smallest absolute Gasteiger partial charge is 0.309 e. The van der Waals surface area contributed by atoms with E-state index in [1.165, 1.54) is 0 Å². The number of carbonyl (C=O) groups is 2. The van der Waals surface area contributed by atoms with E-state index in [1.807, 2.05) is 13.8 Å². The number of carbonyl (C=O) groups excluding carboxylic acids is 2. The normalized spacial score (nSPS) is 41.7. The van der Waals surface area contributed by atoms with E-state index in [4.69, 9.17) is 4.74 Å². The van der Waals surface area contributed by atoms with Crippen molar-refractivity contribution in [2.45, 2.75) is 39.4 Å². The Labute approximate surface area is 112 Å². The molecule has 0 aromatic heterocycles. The summed E-state index contributed by atoms with van der Waals surface area (Å²) < 4.78 is 5.37. The van der Waals surface area contributed by atoms with E-state index in [0.29, 0.717) is 12.0 Å². The summed E-state index contributed by atoms with van der Waals surface area (Å²) in [4.78, 5) is 23.8. The third-order valence-electron chi connectivity index (χ3n) is 4.77. The Balaban J connectivity index is 2.08. The number of aliphatic hydroxyl groups is 1.